The summed E-state index contributed by atoms with van der Waals surface area (Å²) in [5, 5.41) is 6.71. The largest absolute Gasteiger partial charge is 0.359 e. The number of hydrogen-bond donors (Lipinski definition) is 1. The van der Waals surface area contributed by atoms with Crippen LogP contribution in [0.1, 0.15) is 33.5 Å². The van der Waals surface area contributed by atoms with Crippen molar-refractivity contribution >= 4 is 11.8 Å². The van der Waals surface area contributed by atoms with Crippen LogP contribution in [0, 0.1) is 0 Å². The zero-order valence-electron chi connectivity index (χ0n) is 12.8. The van der Waals surface area contributed by atoms with Crippen molar-refractivity contribution in [2.45, 2.75) is 33.1 Å². The van der Waals surface area contributed by atoms with E-state index < -0.39 is 0 Å². The molecule has 0 aromatic carbocycles. The van der Waals surface area contributed by atoms with E-state index in [1.165, 1.54) is 0 Å². The molecule has 0 saturated carbocycles. The first kappa shape index (κ1) is 14.8. The summed E-state index contributed by atoms with van der Waals surface area (Å²) in [7, 11) is 0. The third-order valence-corrected chi connectivity index (χ3v) is 3.59. The Kier molecular flexibility index (Phi) is 4.32. The van der Waals surface area contributed by atoms with Crippen LogP contribution in [-0.4, -0.2) is 53.7 Å². The van der Waals surface area contributed by atoms with E-state index in [4.69, 9.17) is 4.52 Å². The van der Waals surface area contributed by atoms with Gasteiger partial charge in [-0.2, -0.15) is 0 Å². The molecule has 2 rings (SSSR count). The van der Waals surface area contributed by atoms with Crippen molar-refractivity contribution in [2.75, 3.05) is 38.0 Å². The molecule has 0 spiro atoms. The first-order valence-corrected chi connectivity index (χ1v) is 7.15. The summed E-state index contributed by atoms with van der Waals surface area (Å²) in [6, 6.07) is 1.69. The lowest BCUT2D eigenvalue weighted by atomic mass is 9.93. The van der Waals surface area contributed by atoms with Crippen LogP contribution in [0.25, 0.3) is 0 Å². The normalized spacial score (nSPS) is 17.3. The second kappa shape index (κ2) is 5.83. The molecule has 6 heteroatoms. The lowest BCUT2D eigenvalue weighted by molar-refractivity contribution is 0.151. The average Bonchev–Trinajstić information content (AvgIpc) is 2.87. The van der Waals surface area contributed by atoms with Gasteiger partial charge < -0.3 is 14.3 Å². The summed E-state index contributed by atoms with van der Waals surface area (Å²) in [5.74, 6) is 1.25. The fourth-order valence-electron chi connectivity index (χ4n) is 2.14. The van der Waals surface area contributed by atoms with Crippen molar-refractivity contribution < 1.29 is 9.32 Å². The molecule has 0 radical (unpaired) electrons. The second-order valence-corrected chi connectivity index (χ2v) is 6.18. The van der Waals surface area contributed by atoms with E-state index in [0.717, 1.165) is 38.5 Å². The van der Waals surface area contributed by atoms with Crippen molar-refractivity contribution in [1.82, 2.24) is 15.0 Å². The number of aromatic nitrogens is 1. The van der Waals surface area contributed by atoms with Gasteiger partial charge >= 0.3 is 6.03 Å². The number of piperazine rings is 1. The molecule has 1 aromatic rings. The van der Waals surface area contributed by atoms with Crippen LogP contribution in [0.2, 0.25) is 0 Å². The maximum Gasteiger partial charge on any atom is 0.323 e. The predicted molar refractivity (Wildman–Crippen MR) is 77.9 cm³/mol. The minimum Gasteiger partial charge on any atom is -0.359 e. The van der Waals surface area contributed by atoms with Gasteiger partial charge in [0.1, 0.15) is 5.76 Å². The molecule has 0 unspecified atom stereocenters. The molecule has 0 aliphatic carbocycles. The minimum atomic E-state index is -0.108. The lowest BCUT2D eigenvalue weighted by Gasteiger charge is -2.33. The highest BCUT2D eigenvalue weighted by Crippen LogP contribution is 2.24. The fourth-order valence-corrected chi connectivity index (χ4v) is 2.14. The van der Waals surface area contributed by atoms with Gasteiger partial charge in [0.25, 0.3) is 0 Å². The summed E-state index contributed by atoms with van der Waals surface area (Å²) in [6.45, 7) is 12.7. The molecule has 1 aliphatic rings. The second-order valence-electron chi connectivity index (χ2n) is 6.18. The van der Waals surface area contributed by atoms with E-state index in [9.17, 15) is 4.79 Å². The number of nitrogens with zero attached hydrogens (tertiary/aromatic N) is 3. The number of nitrogens with one attached hydrogen (secondary N) is 1. The Morgan fingerprint density at radius 3 is 2.50 bits per heavy atom. The molecule has 6 nitrogen and oxygen atoms in total. The maximum atomic E-state index is 12.1. The van der Waals surface area contributed by atoms with Crippen LogP contribution in [-0.2, 0) is 5.41 Å². The Morgan fingerprint density at radius 1 is 1.35 bits per heavy atom. The molecule has 1 fully saturated rings. The minimum absolute atomic E-state index is 0.102. The molecule has 1 N–H and O–H groups in total. The number of amides is 2. The number of hydrogen-bond acceptors (Lipinski definition) is 4. The number of carbonyl (C=O) groups excluding carboxylic acids is 1. The number of urea groups is 1. The Labute approximate surface area is 120 Å². The Morgan fingerprint density at radius 2 is 2.00 bits per heavy atom. The highest BCUT2D eigenvalue weighted by Gasteiger charge is 2.23. The third kappa shape index (κ3) is 3.50. The summed E-state index contributed by atoms with van der Waals surface area (Å²) in [5.41, 5.74) is -0.108. The standard InChI is InChI=1S/C14H24N4O2/c1-5-17-6-8-18(9-7-17)13(19)15-12-10-11(20-16-12)14(2,3)4/h10H,5-9H2,1-4H3,(H,15,16,19). The summed E-state index contributed by atoms with van der Waals surface area (Å²) < 4.78 is 5.26. The van der Waals surface area contributed by atoms with Gasteiger partial charge in [0.05, 0.1) is 0 Å². The van der Waals surface area contributed by atoms with E-state index >= 15 is 0 Å². The smallest absolute Gasteiger partial charge is 0.323 e. The molecule has 1 aliphatic heterocycles. The van der Waals surface area contributed by atoms with Gasteiger partial charge in [-0.05, 0) is 6.54 Å². The number of anilines is 1. The molecule has 20 heavy (non-hydrogen) atoms. The van der Waals surface area contributed by atoms with Crippen LogP contribution in [0.4, 0.5) is 10.6 Å². The van der Waals surface area contributed by atoms with Crippen LogP contribution >= 0.6 is 0 Å². The predicted octanol–water partition coefficient (Wildman–Crippen LogP) is 2.14. The number of rotatable bonds is 2. The Hall–Kier alpha value is -1.56. The lowest BCUT2D eigenvalue weighted by Crippen LogP contribution is -2.49. The summed E-state index contributed by atoms with van der Waals surface area (Å²) >= 11 is 0. The van der Waals surface area contributed by atoms with Crippen molar-refractivity contribution in [3.63, 3.8) is 0 Å². The highest BCUT2D eigenvalue weighted by atomic mass is 16.5. The molecule has 1 aromatic heterocycles. The molecular weight excluding hydrogens is 256 g/mol. The maximum absolute atomic E-state index is 12.1. The average molecular weight is 280 g/mol. The Bertz CT molecular complexity index is 456. The summed E-state index contributed by atoms with van der Waals surface area (Å²) in [6.07, 6.45) is 0. The van der Waals surface area contributed by atoms with Crippen LogP contribution < -0.4 is 5.32 Å². The van der Waals surface area contributed by atoms with E-state index in [1.54, 1.807) is 6.07 Å². The van der Waals surface area contributed by atoms with Gasteiger partial charge in [0.2, 0.25) is 0 Å². The first-order valence-electron chi connectivity index (χ1n) is 7.15. The van der Waals surface area contributed by atoms with Crippen LogP contribution in [0.15, 0.2) is 10.6 Å². The molecule has 2 amide bonds. The Balaban J connectivity index is 1.90. The van der Waals surface area contributed by atoms with E-state index in [0.29, 0.717) is 5.82 Å². The molecule has 2 heterocycles. The van der Waals surface area contributed by atoms with E-state index in [1.807, 2.05) is 25.7 Å². The molecule has 112 valence electrons. The molecule has 1 saturated heterocycles. The van der Waals surface area contributed by atoms with Gasteiger partial charge in [0, 0.05) is 37.7 Å². The molecule has 0 atom stereocenters. The van der Waals surface area contributed by atoms with Crippen LogP contribution in [0.5, 0.6) is 0 Å². The fraction of sp³-hybridized carbons (Fsp3) is 0.714. The van der Waals surface area contributed by atoms with Gasteiger partial charge in [-0.25, -0.2) is 4.79 Å². The van der Waals surface area contributed by atoms with E-state index in [-0.39, 0.29) is 11.4 Å². The van der Waals surface area contributed by atoms with Crippen molar-refractivity contribution in [2.24, 2.45) is 0 Å². The summed E-state index contributed by atoms with van der Waals surface area (Å²) in [4.78, 5) is 16.3. The molecule has 0 bridgehead atoms. The van der Waals surface area contributed by atoms with Gasteiger partial charge in [-0.15, -0.1) is 0 Å². The van der Waals surface area contributed by atoms with Crippen molar-refractivity contribution in [3.05, 3.63) is 11.8 Å². The topological polar surface area (TPSA) is 61.6 Å². The van der Waals surface area contributed by atoms with Crippen LogP contribution in [0.3, 0.4) is 0 Å². The SMILES string of the molecule is CCN1CCN(C(=O)Nc2cc(C(C)(C)C)on2)CC1. The van der Waals surface area contributed by atoms with Gasteiger partial charge in [-0.1, -0.05) is 32.9 Å². The zero-order valence-corrected chi connectivity index (χ0v) is 12.8. The van der Waals surface area contributed by atoms with E-state index in [2.05, 4.69) is 22.3 Å². The van der Waals surface area contributed by atoms with Crippen molar-refractivity contribution in [3.8, 4) is 0 Å². The number of carbonyl (C=O) groups is 1. The van der Waals surface area contributed by atoms with Gasteiger partial charge in [0.15, 0.2) is 5.82 Å². The monoisotopic (exact) mass is 280 g/mol. The quantitative estimate of drug-likeness (QED) is 0.901. The number of likely N-dealkylation sites (N-methyl/N-ethyl adjacent to an activating group) is 1. The zero-order chi connectivity index (χ0) is 14.8. The van der Waals surface area contributed by atoms with Gasteiger partial charge in [-0.3, -0.25) is 5.32 Å². The third-order valence-electron chi connectivity index (χ3n) is 3.59. The van der Waals surface area contributed by atoms with Crippen molar-refractivity contribution in [1.29, 1.82) is 0 Å². The highest BCUT2D eigenvalue weighted by molar-refractivity contribution is 5.88. The first-order chi connectivity index (χ1) is 9.40. The molecular formula is C14H24N4O2.